The number of halogens is 1. The molecule has 132 valence electrons. The first-order valence-corrected chi connectivity index (χ1v) is 9.97. The lowest BCUT2D eigenvalue weighted by atomic mass is 9.46. The molecule has 5 rings (SSSR count). The van der Waals surface area contributed by atoms with Gasteiger partial charge in [0.1, 0.15) is 0 Å². The molecule has 4 bridgehead atoms. The van der Waals surface area contributed by atoms with Gasteiger partial charge in [0.25, 0.3) is 0 Å². The maximum atomic E-state index is 11.0. The fraction of sp³-hybridized carbons (Fsp3) is 0.714. The van der Waals surface area contributed by atoms with Gasteiger partial charge in [0.05, 0.1) is 5.60 Å². The normalized spacial score (nSPS) is 39.8. The van der Waals surface area contributed by atoms with Gasteiger partial charge in [-0.1, -0.05) is 23.7 Å². The zero-order chi connectivity index (χ0) is 16.9. The minimum atomic E-state index is -0.362. The molecule has 1 aromatic rings. The van der Waals surface area contributed by atoms with E-state index in [1.807, 2.05) is 12.1 Å². The van der Waals surface area contributed by atoms with E-state index >= 15 is 0 Å². The van der Waals surface area contributed by atoms with E-state index in [2.05, 4.69) is 31.3 Å². The molecule has 0 aromatic heterocycles. The highest BCUT2D eigenvalue weighted by atomic mass is 35.5. The molecule has 4 fully saturated rings. The van der Waals surface area contributed by atoms with E-state index in [0.717, 1.165) is 42.5 Å². The lowest BCUT2D eigenvalue weighted by Gasteiger charge is -2.62. The topological polar surface area (TPSA) is 32.3 Å². The number of hydrogen-bond acceptors (Lipinski definition) is 2. The van der Waals surface area contributed by atoms with E-state index in [1.165, 1.54) is 24.8 Å². The van der Waals surface area contributed by atoms with E-state index < -0.39 is 0 Å². The molecule has 2 unspecified atom stereocenters. The fourth-order valence-electron chi connectivity index (χ4n) is 6.43. The average Bonchev–Trinajstić information content (AvgIpc) is 2.47. The van der Waals surface area contributed by atoms with Crippen LogP contribution in [-0.2, 0) is 6.42 Å². The second-order valence-corrected chi connectivity index (χ2v) is 9.60. The monoisotopic (exact) mass is 347 g/mol. The van der Waals surface area contributed by atoms with Crippen molar-refractivity contribution >= 4 is 11.6 Å². The van der Waals surface area contributed by atoms with Crippen LogP contribution in [0.25, 0.3) is 0 Å². The van der Waals surface area contributed by atoms with Crippen LogP contribution in [0.5, 0.6) is 0 Å². The Morgan fingerprint density at radius 1 is 1.12 bits per heavy atom. The smallest absolute Gasteiger partial charge is 0.0659 e. The number of hydrogen-bond donors (Lipinski definition) is 2. The van der Waals surface area contributed by atoms with Crippen molar-refractivity contribution in [1.82, 2.24) is 5.32 Å². The molecule has 4 aliphatic rings. The maximum absolute atomic E-state index is 11.0. The number of rotatable bonds is 5. The van der Waals surface area contributed by atoms with Crippen LogP contribution in [0, 0.1) is 17.3 Å². The van der Waals surface area contributed by atoms with Gasteiger partial charge >= 0.3 is 0 Å². The van der Waals surface area contributed by atoms with Crippen LogP contribution in [0.3, 0.4) is 0 Å². The van der Waals surface area contributed by atoms with Crippen LogP contribution in [0.15, 0.2) is 24.3 Å². The fourth-order valence-corrected chi connectivity index (χ4v) is 6.55. The van der Waals surface area contributed by atoms with E-state index in [4.69, 9.17) is 11.6 Å². The van der Waals surface area contributed by atoms with E-state index in [1.54, 1.807) is 0 Å². The first kappa shape index (κ1) is 16.9. The Kier molecular flexibility index (Phi) is 4.22. The second-order valence-electron chi connectivity index (χ2n) is 9.17. The molecular formula is C21H30ClNO. The summed E-state index contributed by atoms with van der Waals surface area (Å²) in [6, 6.07) is 9.10. The number of aliphatic hydroxyl groups is 1. The van der Waals surface area contributed by atoms with Crippen LogP contribution < -0.4 is 5.32 Å². The Balaban J connectivity index is 1.42. The molecule has 0 spiro atoms. The van der Waals surface area contributed by atoms with Gasteiger partial charge in [0.15, 0.2) is 0 Å². The van der Waals surface area contributed by atoms with Crippen molar-refractivity contribution < 1.29 is 5.11 Å². The van der Waals surface area contributed by atoms with Crippen LogP contribution in [0.2, 0.25) is 5.02 Å². The van der Waals surface area contributed by atoms with Crippen molar-refractivity contribution in [3.05, 3.63) is 34.9 Å². The van der Waals surface area contributed by atoms with Crippen molar-refractivity contribution in [1.29, 1.82) is 0 Å². The molecule has 24 heavy (non-hydrogen) atoms. The zero-order valence-corrected chi connectivity index (χ0v) is 15.6. The van der Waals surface area contributed by atoms with Crippen LogP contribution in [0.1, 0.15) is 57.9 Å². The Labute approximate surface area is 151 Å². The molecule has 2 nitrogen and oxygen atoms in total. The summed E-state index contributed by atoms with van der Waals surface area (Å²) in [6.07, 6.45) is 8.12. The van der Waals surface area contributed by atoms with Gasteiger partial charge in [-0.2, -0.15) is 0 Å². The molecule has 4 saturated carbocycles. The highest BCUT2D eigenvalue weighted by Gasteiger charge is 2.58. The summed E-state index contributed by atoms with van der Waals surface area (Å²) in [5.74, 6) is 1.51. The third-order valence-electron chi connectivity index (χ3n) is 6.98. The maximum Gasteiger partial charge on any atom is 0.0659 e. The first-order valence-electron chi connectivity index (χ1n) is 9.59. The van der Waals surface area contributed by atoms with Gasteiger partial charge in [0, 0.05) is 17.1 Å². The predicted octanol–water partition coefficient (Wildman–Crippen LogP) is 4.58. The molecule has 0 saturated heterocycles. The van der Waals surface area contributed by atoms with Crippen molar-refractivity contribution in [3.63, 3.8) is 0 Å². The first-order chi connectivity index (χ1) is 11.4. The van der Waals surface area contributed by atoms with Gasteiger partial charge in [-0.05, 0) is 93.7 Å². The average molecular weight is 348 g/mol. The third-order valence-corrected chi connectivity index (χ3v) is 7.24. The van der Waals surface area contributed by atoms with E-state index in [0.29, 0.717) is 17.5 Å². The molecule has 1 aromatic carbocycles. The van der Waals surface area contributed by atoms with Gasteiger partial charge in [-0.15, -0.1) is 0 Å². The second kappa shape index (κ2) is 6.00. The SMILES string of the molecule is C[C@@H](Cc1ccc(Cl)cc1)N[C@H](C)C12C[C@@H]3C[C@@H](CC(O)(C3)C1)C2. The largest absolute Gasteiger partial charge is 0.390 e. The quantitative estimate of drug-likeness (QED) is 0.817. The summed E-state index contributed by atoms with van der Waals surface area (Å²) in [5.41, 5.74) is 1.28. The molecule has 4 aliphatic carbocycles. The standard InChI is InChI=1S/C21H30ClNO/c1-14(7-16-3-5-19(22)6-4-16)23-15(2)20-9-17-8-18(10-20)12-21(24,11-17)13-20/h3-6,14-15,17-18,23-24H,7-13H2,1-2H3/t14-,15+,17-,18+,20?,21?/m0/s1. The van der Waals surface area contributed by atoms with Gasteiger partial charge < -0.3 is 10.4 Å². The summed E-state index contributed by atoms with van der Waals surface area (Å²) >= 11 is 5.98. The summed E-state index contributed by atoms with van der Waals surface area (Å²) in [5, 5.41) is 15.6. The van der Waals surface area contributed by atoms with Crippen molar-refractivity contribution in [2.24, 2.45) is 17.3 Å². The molecule has 6 atom stereocenters. The highest BCUT2D eigenvalue weighted by molar-refractivity contribution is 6.30. The van der Waals surface area contributed by atoms with Gasteiger partial charge in [0.2, 0.25) is 0 Å². The molecule has 0 radical (unpaired) electrons. The lowest BCUT2D eigenvalue weighted by Crippen LogP contribution is -2.62. The van der Waals surface area contributed by atoms with E-state index in [-0.39, 0.29) is 5.60 Å². The molecular weight excluding hydrogens is 318 g/mol. The van der Waals surface area contributed by atoms with Gasteiger partial charge in [-0.25, -0.2) is 0 Å². The number of benzene rings is 1. The zero-order valence-electron chi connectivity index (χ0n) is 14.9. The summed E-state index contributed by atoms with van der Waals surface area (Å²) in [7, 11) is 0. The van der Waals surface area contributed by atoms with Crippen molar-refractivity contribution in [2.75, 3.05) is 0 Å². The van der Waals surface area contributed by atoms with Crippen molar-refractivity contribution in [2.45, 2.75) is 76.5 Å². The molecule has 0 heterocycles. The molecule has 3 heteroatoms. The Bertz CT molecular complexity index is 584. The summed E-state index contributed by atoms with van der Waals surface area (Å²) < 4.78 is 0. The highest BCUT2D eigenvalue weighted by Crippen LogP contribution is 2.62. The Morgan fingerprint density at radius 3 is 2.33 bits per heavy atom. The molecule has 2 N–H and O–H groups in total. The molecule has 0 amide bonds. The van der Waals surface area contributed by atoms with Gasteiger partial charge in [-0.3, -0.25) is 0 Å². The van der Waals surface area contributed by atoms with Crippen LogP contribution in [-0.4, -0.2) is 22.8 Å². The molecule has 0 aliphatic heterocycles. The Hall–Kier alpha value is -0.570. The van der Waals surface area contributed by atoms with Crippen LogP contribution in [0.4, 0.5) is 0 Å². The van der Waals surface area contributed by atoms with Crippen molar-refractivity contribution in [3.8, 4) is 0 Å². The van der Waals surface area contributed by atoms with Crippen LogP contribution >= 0.6 is 11.6 Å². The predicted molar refractivity (Wildman–Crippen MR) is 99.3 cm³/mol. The third kappa shape index (κ3) is 3.13. The summed E-state index contributed by atoms with van der Waals surface area (Å²) in [4.78, 5) is 0. The van der Waals surface area contributed by atoms with E-state index in [9.17, 15) is 5.11 Å². The summed E-state index contributed by atoms with van der Waals surface area (Å²) in [6.45, 7) is 4.63. The number of nitrogens with one attached hydrogen (secondary N) is 1. The minimum absolute atomic E-state index is 0.313. The Morgan fingerprint density at radius 2 is 1.75 bits per heavy atom. The lowest BCUT2D eigenvalue weighted by molar-refractivity contribution is -0.172. The minimum Gasteiger partial charge on any atom is -0.390 e.